The number of rotatable bonds is 11. The minimum absolute atomic E-state index is 0.0862. The summed E-state index contributed by atoms with van der Waals surface area (Å²) in [7, 11) is -3.78. The van der Waals surface area contributed by atoms with Crippen LogP contribution in [0.25, 0.3) is 0 Å². The molecule has 0 fully saturated rings. The molecule has 7 nitrogen and oxygen atoms in total. The molecular formula is C25H34ClN3O4S. The molecule has 0 aliphatic rings. The van der Waals surface area contributed by atoms with Crippen LogP contribution < -0.4 is 9.62 Å². The van der Waals surface area contributed by atoms with Gasteiger partial charge >= 0.3 is 0 Å². The first kappa shape index (κ1) is 27.7. The molecule has 2 aromatic rings. The Morgan fingerprint density at radius 3 is 2.26 bits per heavy atom. The van der Waals surface area contributed by atoms with Gasteiger partial charge in [0.25, 0.3) is 0 Å². The van der Waals surface area contributed by atoms with Crippen LogP contribution in [0.5, 0.6) is 0 Å². The summed E-state index contributed by atoms with van der Waals surface area (Å²) in [6.45, 7) is 7.16. The molecule has 186 valence electrons. The van der Waals surface area contributed by atoms with E-state index in [0.717, 1.165) is 16.1 Å². The Hall–Kier alpha value is -2.58. The van der Waals surface area contributed by atoms with Crippen molar-refractivity contribution in [3.05, 3.63) is 64.7 Å². The van der Waals surface area contributed by atoms with Crippen molar-refractivity contribution < 1.29 is 18.0 Å². The Kier molecular flexibility index (Phi) is 9.94. The van der Waals surface area contributed by atoms with Crippen molar-refractivity contribution in [3.8, 4) is 0 Å². The highest BCUT2D eigenvalue weighted by Gasteiger charge is 2.32. The molecule has 0 aliphatic carbocycles. The number of anilines is 1. The van der Waals surface area contributed by atoms with Crippen LogP contribution in [0.15, 0.2) is 48.5 Å². The molecule has 0 heterocycles. The van der Waals surface area contributed by atoms with Crippen molar-refractivity contribution >= 4 is 39.1 Å². The summed E-state index contributed by atoms with van der Waals surface area (Å²) in [5.41, 5.74) is 2.03. The van der Waals surface area contributed by atoms with Crippen LogP contribution in [-0.4, -0.2) is 56.6 Å². The number of benzene rings is 2. The van der Waals surface area contributed by atoms with E-state index in [1.165, 1.54) is 4.90 Å². The van der Waals surface area contributed by atoms with Gasteiger partial charge in [0.15, 0.2) is 0 Å². The highest BCUT2D eigenvalue weighted by Crippen LogP contribution is 2.26. The molecule has 0 saturated heterocycles. The topological polar surface area (TPSA) is 86.8 Å². The van der Waals surface area contributed by atoms with Crippen molar-refractivity contribution in [2.24, 2.45) is 0 Å². The van der Waals surface area contributed by atoms with E-state index in [-0.39, 0.29) is 18.5 Å². The van der Waals surface area contributed by atoms with E-state index in [2.05, 4.69) is 5.32 Å². The van der Waals surface area contributed by atoms with Crippen molar-refractivity contribution in [3.63, 3.8) is 0 Å². The predicted molar refractivity (Wildman–Crippen MR) is 138 cm³/mol. The van der Waals surface area contributed by atoms with Gasteiger partial charge in [-0.1, -0.05) is 48.9 Å². The van der Waals surface area contributed by atoms with E-state index in [4.69, 9.17) is 11.6 Å². The summed E-state index contributed by atoms with van der Waals surface area (Å²) in [6, 6.07) is 13.7. The minimum Gasteiger partial charge on any atom is -0.352 e. The largest absolute Gasteiger partial charge is 0.352 e. The highest BCUT2D eigenvalue weighted by molar-refractivity contribution is 7.92. The lowest BCUT2D eigenvalue weighted by Crippen LogP contribution is -2.54. The maximum atomic E-state index is 13.6. The standard InChI is InChI=1S/C25H34ClN3O4S/c1-6-22(25(31)27-18(2)3)28(15-14-20-10-8-7-9-11-20)24(30)17-29(34(5,32)33)23-13-12-21(26)16-19(23)4/h7-13,16,18,22H,6,14-15,17H2,1-5H3,(H,27,31)/t22-/m1/s1. The molecule has 0 aromatic heterocycles. The number of aryl methyl sites for hydroxylation is 1. The SMILES string of the molecule is CC[C@H](C(=O)NC(C)C)N(CCc1ccccc1)C(=O)CN(c1ccc(Cl)cc1C)S(C)(=O)=O. The zero-order valence-electron chi connectivity index (χ0n) is 20.4. The summed E-state index contributed by atoms with van der Waals surface area (Å²) in [6.07, 6.45) is 2.00. The Morgan fingerprint density at radius 1 is 1.09 bits per heavy atom. The number of sulfonamides is 1. The first-order valence-corrected chi connectivity index (χ1v) is 13.5. The maximum absolute atomic E-state index is 13.6. The van der Waals surface area contributed by atoms with E-state index in [1.54, 1.807) is 25.1 Å². The molecule has 0 saturated carbocycles. The molecule has 2 aromatic carbocycles. The third-order valence-electron chi connectivity index (χ3n) is 5.41. The molecule has 9 heteroatoms. The summed E-state index contributed by atoms with van der Waals surface area (Å²) in [5, 5.41) is 3.35. The summed E-state index contributed by atoms with van der Waals surface area (Å²) >= 11 is 6.04. The Bertz CT molecular complexity index is 1090. The van der Waals surface area contributed by atoms with Crippen LogP contribution in [0, 0.1) is 6.92 Å². The van der Waals surface area contributed by atoms with Gasteiger partial charge in [-0.3, -0.25) is 13.9 Å². The third-order valence-corrected chi connectivity index (χ3v) is 6.77. The van der Waals surface area contributed by atoms with Gasteiger partial charge in [0.2, 0.25) is 21.8 Å². The third kappa shape index (κ3) is 7.74. The Balaban J connectivity index is 2.39. The molecule has 0 bridgehead atoms. The molecule has 34 heavy (non-hydrogen) atoms. The first-order chi connectivity index (χ1) is 15.9. The number of nitrogens with zero attached hydrogens (tertiary/aromatic N) is 2. The van der Waals surface area contributed by atoms with Crippen LogP contribution in [0.4, 0.5) is 5.69 Å². The summed E-state index contributed by atoms with van der Waals surface area (Å²) in [5.74, 6) is -0.700. The van der Waals surface area contributed by atoms with Crippen LogP contribution >= 0.6 is 11.6 Å². The lowest BCUT2D eigenvalue weighted by Gasteiger charge is -2.33. The van der Waals surface area contributed by atoms with Gasteiger partial charge in [-0.25, -0.2) is 8.42 Å². The van der Waals surface area contributed by atoms with E-state index in [9.17, 15) is 18.0 Å². The van der Waals surface area contributed by atoms with Gasteiger partial charge in [-0.15, -0.1) is 0 Å². The van der Waals surface area contributed by atoms with Crippen molar-refractivity contribution in [2.75, 3.05) is 23.7 Å². The average Bonchev–Trinajstić information content (AvgIpc) is 2.74. The van der Waals surface area contributed by atoms with E-state index < -0.39 is 28.5 Å². The quantitative estimate of drug-likeness (QED) is 0.501. The number of amides is 2. The fourth-order valence-corrected chi connectivity index (χ4v) is 4.90. The van der Waals surface area contributed by atoms with Crippen molar-refractivity contribution in [1.82, 2.24) is 10.2 Å². The molecule has 0 radical (unpaired) electrons. The Labute approximate surface area is 208 Å². The van der Waals surface area contributed by atoms with Gasteiger partial charge in [-0.2, -0.15) is 0 Å². The second kappa shape index (κ2) is 12.2. The summed E-state index contributed by atoms with van der Waals surface area (Å²) < 4.78 is 26.4. The number of carbonyl (C=O) groups excluding carboxylic acids is 2. The van der Waals surface area contributed by atoms with E-state index in [0.29, 0.717) is 29.1 Å². The van der Waals surface area contributed by atoms with Gasteiger partial charge in [0.1, 0.15) is 12.6 Å². The molecule has 1 N–H and O–H groups in total. The molecule has 0 unspecified atom stereocenters. The zero-order valence-corrected chi connectivity index (χ0v) is 22.0. The van der Waals surface area contributed by atoms with Crippen molar-refractivity contribution in [2.45, 2.75) is 52.6 Å². The maximum Gasteiger partial charge on any atom is 0.244 e. The van der Waals surface area contributed by atoms with Crippen LogP contribution in [-0.2, 0) is 26.0 Å². The van der Waals surface area contributed by atoms with E-state index in [1.807, 2.05) is 51.1 Å². The first-order valence-electron chi connectivity index (χ1n) is 11.3. The van der Waals surface area contributed by atoms with Crippen LogP contribution in [0.2, 0.25) is 5.02 Å². The molecule has 1 atom stereocenters. The normalized spacial score (nSPS) is 12.3. The monoisotopic (exact) mass is 507 g/mol. The molecule has 0 spiro atoms. The Morgan fingerprint density at radius 2 is 1.74 bits per heavy atom. The van der Waals surface area contributed by atoms with E-state index >= 15 is 0 Å². The molecule has 0 aliphatic heterocycles. The lowest BCUT2D eigenvalue weighted by atomic mass is 10.1. The number of carbonyl (C=O) groups is 2. The van der Waals surface area contributed by atoms with Crippen LogP contribution in [0.1, 0.15) is 38.3 Å². The average molecular weight is 508 g/mol. The number of nitrogens with one attached hydrogen (secondary N) is 1. The fourth-order valence-electron chi connectivity index (χ4n) is 3.77. The molecular weight excluding hydrogens is 474 g/mol. The smallest absolute Gasteiger partial charge is 0.244 e. The molecule has 2 amide bonds. The van der Waals surface area contributed by atoms with Gasteiger partial charge < -0.3 is 10.2 Å². The van der Waals surface area contributed by atoms with Crippen molar-refractivity contribution in [1.29, 1.82) is 0 Å². The second-order valence-corrected chi connectivity index (χ2v) is 11.0. The van der Waals surface area contributed by atoms with Gasteiger partial charge in [-0.05, 0) is 62.9 Å². The zero-order chi connectivity index (χ0) is 25.5. The fraction of sp³-hybridized carbons (Fsp3) is 0.440. The number of halogens is 1. The second-order valence-electron chi connectivity index (χ2n) is 8.61. The predicted octanol–water partition coefficient (Wildman–Crippen LogP) is 3.79. The minimum atomic E-state index is -3.78. The van der Waals surface area contributed by atoms with Gasteiger partial charge in [0.05, 0.1) is 11.9 Å². The van der Waals surface area contributed by atoms with Crippen LogP contribution in [0.3, 0.4) is 0 Å². The number of hydrogen-bond acceptors (Lipinski definition) is 4. The lowest BCUT2D eigenvalue weighted by molar-refractivity contribution is -0.139. The summed E-state index contributed by atoms with van der Waals surface area (Å²) in [4.78, 5) is 28.0. The number of hydrogen-bond donors (Lipinski definition) is 1. The van der Waals surface area contributed by atoms with Gasteiger partial charge in [0, 0.05) is 17.6 Å². The highest BCUT2D eigenvalue weighted by atomic mass is 35.5. The molecule has 2 rings (SSSR count).